The molecule has 3 heterocycles. The Hall–Kier alpha value is -1.80. The summed E-state index contributed by atoms with van der Waals surface area (Å²) in [5.41, 5.74) is 0. The number of carbonyl (C=O) groups is 1. The average Bonchev–Trinajstić information content (AvgIpc) is 2.69. The summed E-state index contributed by atoms with van der Waals surface area (Å²) < 4.78 is 12.9. The van der Waals surface area contributed by atoms with Gasteiger partial charge in [-0.25, -0.2) is 14.4 Å². The smallest absolute Gasteiger partial charge is 0.236 e. The van der Waals surface area contributed by atoms with Crippen LogP contribution in [0.5, 0.6) is 0 Å². The van der Waals surface area contributed by atoms with Gasteiger partial charge in [-0.2, -0.15) is 0 Å². The number of aromatic nitrogens is 2. The number of amides is 1. The van der Waals surface area contributed by atoms with E-state index < -0.39 is 5.82 Å². The van der Waals surface area contributed by atoms with E-state index in [4.69, 9.17) is 0 Å². The molecule has 1 aromatic heterocycles. The monoisotopic (exact) mass is 364 g/mol. The van der Waals surface area contributed by atoms with Crippen LogP contribution in [0.3, 0.4) is 0 Å². The van der Waals surface area contributed by atoms with Gasteiger partial charge in [-0.1, -0.05) is 6.92 Å². The number of hydrogen-bond acceptors (Lipinski definition) is 6. The maximum Gasteiger partial charge on any atom is 0.236 e. The molecule has 144 valence electrons. The third kappa shape index (κ3) is 4.67. The molecule has 1 aromatic rings. The van der Waals surface area contributed by atoms with Crippen molar-refractivity contribution in [2.24, 2.45) is 0 Å². The fourth-order valence-electron chi connectivity index (χ4n) is 3.54. The number of hydrogen-bond donors (Lipinski definition) is 0. The molecule has 0 radical (unpaired) electrons. The van der Waals surface area contributed by atoms with E-state index in [9.17, 15) is 9.18 Å². The van der Waals surface area contributed by atoms with Crippen molar-refractivity contribution in [3.8, 4) is 0 Å². The molecule has 0 saturated carbocycles. The standard InChI is InChI=1S/C18H29FN6O/c1-3-15(2)23-8-10-24(11-9-23)17(26)14-22-4-6-25(7-5-22)18-20-12-16(19)13-21-18/h12-13,15H,3-11,14H2,1-2H3. The highest BCUT2D eigenvalue weighted by atomic mass is 19.1. The Morgan fingerprint density at radius 3 is 2.27 bits per heavy atom. The zero-order valence-electron chi connectivity index (χ0n) is 15.8. The molecule has 8 heteroatoms. The summed E-state index contributed by atoms with van der Waals surface area (Å²) in [6, 6.07) is 0.592. The van der Waals surface area contributed by atoms with Gasteiger partial charge in [-0.3, -0.25) is 14.6 Å². The van der Waals surface area contributed by atoms with Crippen molar-refractivity contribution in [1.82, 2.24) is 24.7 Å². The third-order valence-electron chi connectivity index (χ3n) is 5.50. The van der Waals surface area contributed by atoms with Crippen molar-refractivity contribution in [3.63, 3.8) is 0 Å². The number of piperazine rings is 2. The lowest BCUT2D eigenvalue weighted by atomic mass is 10.2. The molecule has 26 heavy (non-hydrogen) atoms. The molecule has 2 aliphatic rings. The van der Waals surface area contributed by atoms with Crippen molar-refractivity contribution in [3.05, 3.63) is 18.2 Å². The van der Waals surface area contributed by atoms with Gasteiger partial charge in [0.15, 0.2) is 5.82 Å². The quantitative estimate of drug-likeness (QED) is 0.766. The molecule has 1 unspecified atom stereocenters. The largest absolute Gasteiger partial charge is 0.339 e. The Morgan fingerprint density at radius 2 is 1.69 bits per heavy atom. The van der Waals surface area contributed by atoms with E-state index >= 15 is 0 Å². The van der Waals surface area contributed by atoms with Crippen molar-refractivity contribution in [2.45, 2.75) is 26.3 Å². The SMILES string of the molecule is CCC(C)N1CCN(C(=O)CN2CCN(c3ncc(F)cn3)CC2)CC1. The first-order valence-electron chi connectivity index (χ1n) is 9.53. The van der Waals surface area contributed by atoms with Crippen LogP contribution < -0.4 is 4.90 Å². The van der Waals surface area contributed by atoms with Crippen molar-refractivity contribution < 1.29 is 9.18 Å². The van der Waals surface area contributed by atoms with E-state index in [1.165, 1.54) is 12.4 Å². The number of nitrogens with zero attached hydrogens (tertiary/aromatic N) is 6. The van der Waals surface area contributed by atoms with Gasteiger partial charge in [0.2, 0.25) is 11.9 Å². The molecular weight excluding hydrogens is 335 g/mol. The van der Waals surface area contributed by atoms with Gasteiger partial charge in [0.1, 0.15) is 0 Å². The highest BCUT2D eigenvalue weighted by Gasteiger charge is 2.26. The summed E-state index contributed by atoms with van der Waals surface area (Å²) in [4.78, 5) is 29.3. The first-order valence-corrected chi connectivity index (χ1v) is 9.53. The molecule has 0 spiro atoms. The molecule has 0 bridgehead atoms. The Balaban J connectivity index is 1.42. The summed E-state index contributed by atoms with van der Waals surface area (Å²) in [6.45, 7) is 11.6. The minimum absolute atomic E-state index is 0.222. The number of halogens is 1. The van der Waals surface area contributed by atoms with Gasteiger partial charge in [0.25, 0.3) is 0 Å². The zero-order valence-corrected chi connectivity index (χ0v) is 15.8. The molecule has 0 aromatic carbocycles. The second kappa shape index (κ2) is 8.73. The Kier molecular flexibility index (Phi) is 6.37. The lowest BCUT2D eigenvalue weighted by Crippen LogP contribution is -2.55. The fourth-order valence-corrected chi connectivity index (χ4v) is 3.54. The topological polar surface area (TPSA) is 55.8 Å². The highest BCUT2D eigenvalue weighted by Crippen LogP contribution is 2.12. The van der Waals surface area contributed by atoms with Gasteiger partial charge >= 0.3 is 0 Å². The summed E-state index contributed by atoms with van der Waals surface area (Å²) in [5, 5.41) is 0. The van der Waals surface area contributed by atoms with E-state index in [0.29, 0.717) is 18.5 Å². The minimum atomic E-state index is -0.425. The van der Waals surface area contributed by atoms with E-state index in [-0.39, 0.29) is 5.91 Å². The Bertz CT molecular complexity index is 582. The molecular formula is C18H29FN6O. The molecule has 0 N–H and O–H groups in total. The van der Waals surface area contributed by atoms with Crippen molar-refractivity contribution in [2.75, 3.05) is 63.8 Å². The van der Waals surface area contributed by atoms with E-state index in [0.717, 1.165) is 58.8 Å². The Labute approximate surface area is 154 Å². The molecule has 2 fully saturated rings. The van der Waals surface area contributed by atoms with Crippen LogP contribution in [0.1, 0.15) is 20.3 Å². The summed E-state index contributed by atoms with van der Waals surface area (Å²) in [5.74, 6) is 0.352. The lowest BCUT2D eigenvalue weighted by Gasteiger charge is -2.39. The molecule has 1 amide bonds. The maximum atomic E-state index is 12.9. The first-order chi connectivity index (χ1) is 12.6. The minimum Gasteiger partial charge on any atom is -0.339 e. The predicted octanol–water partition coefficient (Wildman–Crippen LogP) is 0.680. The van der Waals surface area contributed by atoms with E-state index in [2.05, 4.69) is 33.6 Å². The van der Waals surface area contributed by atoms with Crippen molar-refractivity contribution >= 4 is 11.9 Å². The molecule has 1 atom stereocenters. The molecule has 7 nitrogen and oxygen atoms in total. The first kappa shape index (κ1) is 19.0. The Morgan fingerprint density at radius 1 is 1.08 bits per heavy atom. The number of rotatable bonds is 5. The lowest BCUT2D eigenvalue weighted by molar-refractivity contribution is -0.134. The van der Waals surface area contributed by atoms with Crippen LogP contribution in [0.4, 0.5) is 10.3 Å². The van der Waals surface area contributed by atoms with E-state index in [1.807, 2.05) is 9.80 Å². The van der Waals surface area contributed by atoms with Crippen LogP contribution in [0.15, 0.2) is 12.4 Å². The van der Waals surface area contributed by atoms with Gasteiger partial charge in [-0.15, -0.1) is 0 Å². The average molecular weight is 364 g/mol. The van der Waals surface area contributed by atoms with E-state index in [1.54, 1.807) is 0 Å². The molecule has 2 saturated heterocycles. The van der Waals surface area contributed by atoms with Gasteiger partial charge in [0.05, 0.1) is 18.9 Å². The number of anilines is 1. The summed E-state index contributed by atoms with van der Waals surface area (Å²) in [6.07, 6.45) is 3.53. The normalized spacial score (nSPS) is 21.0. The predicted molar refractivity (Wildman–Crippen MR) is 98.5 cm³/mol. The van der Waals surface area contributed by atoms with Gasteiger partial charge in [-0.05, 0) is 13.3 Å². The highest BCUT2D eigenvalue weighted by molar-refractivity contribution is 5.78. The van der Waals surface area contributed by atoms with Crippen LogP contribution in [-0.2, 0) is 4.79 Å². The summed E-state index contributed by atoms with van der Waals surface area (Å²) in [7, 11) is 0. The molecule has 2 aliphatic heterocycles. The second-order valence-electron chi connectivity index (χ2n) is 7.14. The van der Waals surface area contributed by atoms with Gasteiger partial charge < -0.3 is 9.80 Å². The molecule has 0 aliphatic carbocycles. The van der Waals surface area contributed by atoms with Crippen molar-refractivity contribution in [1.29, 1.82) is 0 Å². The third-order valence-corrected chi connectivity index (χ3v) is 5.50. The fraction of sp³-hybridized carbons (Fsp3) is 0.722. The van der Waals surface area contributed by atoms with Crippen LogP contribution in [0.25, 0.3) is 0 Å². The summed E-state index contributed by atoms with van der Waals surface area (Å²) >= 11 is 0. The van der Waals surface area contributed by atoms with Crippen LogP contribution in [-0.4, -0.2) is 95.5 Å². The maximum absolute atomic E-state index is 12.9. The van der Waals surface area contributed by atoms with Crippen LogP contribution >= 0.6 is 0 Å². The second-order valence-corrected chi connectivity index (χ2v) is 7.14. The molecule has 3 rings (SSSR count). The van der Waals surface area contributed by atoms with Crippen LogP contribution in [0.2, 0.25) is 0 Å². The van der Waals surface area contributed by atoms with Gasteiger partial charge in [0, 0.05) is 58.4 Å². The zero-order chi connectivity index (χ0) is 18.5. The van der Waals surface area contributed by atoms with Crippen LogP contribution in [0, 0.1) is 5.82 Å². The number of carbonyl (C=O) groups excluding carboxylic acids is 1.